The van der Waals surface area contributed by atoms with E-state index in [9.17, 15) is 19.6 Å². The summed E-state index contributed by atoms with van der Waals surface area (Å²) in [7, 11) is -2.72. The summed E-state index contributed by atoms with van der Waals surface area (Å²) in [5.74, 6) is 1.33. The molecule has 51 heavy (non-hydrogen) atoms. The van der Waals surface area contributed by atoms with Gasteiger partial charge in [-0.1, -0.05) is 52.0 Å². The minimum absolute atomic E-state index is 0.0134. The minimum Gasteiger partial charge on any atom is -0.422 e. The molecule has 2 unspecified atom stereocenters. The molecule has 0 amide bonds. The van der Waals surface area contributed by atoms with E-state index in [-0.39, 0.29) is 41.3 Å². The topological polar surface area (TPSA) is 202 Å². The van der Waals surface area contributed by atoms with Crippen molar-refractivity contribution in [2.45, 2.75) is 92.3 Å². The first kappa shape index (κ1) is 38.0. The van der Waals surface area contributed by atoms with Gasteiger partial charge in [-0.3, -0.25) is 9.59 Å². The van der Waals surface area contributed by atoms with E-state index in [0.29, 0.717) is 52.9 Å². The quantitative estimate of drug-likeness (QED) is 0.148. The molecule has 14 heteroatoms. The van der Waals surface area contributed by atoms with E-state index in [2.05, 4.69) is 47.6 Å². The van der Waals surface area contributed by atoms with Gasteiger partial charge in [0.2, 0.25) is 5.56 Å². The number of pyridine rings is 4. The summed E-state index contributed by atoms with van der Waals surface area (Å²) in [6, 6.07) is 14.1. The SMILES string of the molecule is CC1CCc2ccc(nc2N)COB(O)c2ccc(c(=O)[nH]2)CCC(C(C)(C)C)CCc2ccc(=O)[nH]c2B(O)OCc2nc(N)ccc2CC1. The van der Waals surface area contributed by atoms with Gasteiger partial charge in [0, 0.05) is 17.2 Å². The van der Waals surface area contributed by atoms with Gasteiger partial charge in [-0.05, 0) is 104 Å². The van der Waals surface area contributed by atoms with Gasteiger partial charge in [-0.2, -0.15) is 0 Å². The summed E-state index contributed by atoms with van der Waals surface area (Å²) >= 11 is 0. The maximum Gasteiger partial charge on any atom is 0.509 e. The Morgan fingerprint density at radius 1 is 0.745 bits per heavy atom. The molecule has 0 fully saturated rings. The fourth-order valence-electron chi connectivity index (χ4n) is 6.67. The van der Waals surface area contributed by atoms with Crippen LogP contribution in [-0.4, -0.2) is 44.2 Å². The number of aromatic amines is 2. The number of anilines is 2. The molecule has 8 N–H and O–H groups in total. The van der Waals surface area contributed by atoms with Crippen LogP contribution >= 0.6 is 0 Å². The van der Waals surface area contributed by atoms with E-state index in [1.165, 1.54) is 6.07 Å². The fraction of sp³-hybridized carbons (Fsp3) is 0.459. The molecule has 7 heterocycles. The Hall–Kier alpha value is -4.23. The Bertz CT molecular complexity index is 1910. The van der Waals surface area contributed by atoms with Crippen molar-refractivity contribution < 1.29 is 19.4 Å². The largest absolute Gasteiger partial charge is 0.509 e. The van der Waals surface area contributed by atoms with E-state index in [4.69, 9.17) is 20.8 Å². The minimum atomic E-state index is -1.38. The van der Waals surface area contributed by atoms with Gasteiger partial charge in [-0.15, -0.1) is 0 Å². The van der Waals surface area contributed by atoms with Crippen LogP contribution in [0.15, 0.2) is 58.1 Å². The molecule has 2 atom stereocenters. The first-order valence-electron chi connectivity index (χ1n) is 17.8. The number of hydrogen-bond acceptors (Lipinski definition) is 10. The van der Waals surface area contributed by atoms with Gasteiger partial charge in [0.25, 0.3) is 5.56 Å². The molecule has 7 rings (SSSR count). The molecule has 4 aromatic rings. The lowest BCUT2D eigenvalue weighted by Gasteiger charge is -2.31. The van der Waals surface area contributed by atoms with Crippen LogP contribution in [0.3, 0.4) is 0 Å². The van der Waals surface area contributed by atoms with Crippen LogP contribution in [0, 0.1) is 17.3 Å². The van der Waals surface area contributed by atoms with Gasteiger partial charge in [-0.25, -0.2) is 9.97 Å². The zero-order valence-corrected chi connectivity index (χ0v) is 30.1. The summed E-state index contributed by atoms with van der Waals surface area (Å²) in [5, 5.41) is 21.9. The van der Waals surface area contributed by atoms with Gasteiger partial charge in [0.1, 0.15) is 11.6 Å². The van der Waals surface area contributed by atoms with E-state index in [1.54, 1.807) is 24.3 Å². The third kappa shape index (κ3) is 10.4. The normalized spacial score (nSPS) is 18.9. The number of rotatable bonds is 0. The maximum absolute atomic E-state index is 13.1. The van der Waals surface area contributed by atoms with Crippen LogP contribution in [0.5, 0.6) is 0 Å². The highest BCUT2D eigenvalue weighted by Gasteiger charge is 2.28. The lowest BCUT2D eigenvalue weighted by atomic mass is 9.73. The van der Waals surface area contributed by atoms with Crippen LogP contribution < -0.4 is 33.8 Å². The zero-order chi connectivity index (χ0) is 36.7. The third-order valence-corrected chi connectivity index (χ3v) is 10.1. The zero-order valence-electron chi connectivity index (χ0n) is 30.1. The van der Waals surface area contributed by atoms with Crippen molar-refractivity contribution in [3.63, 3.8) is 0 Å². The van der Waals surface area contributed by atoms with E-state index in [1.807, 2.05) is 18.2 Å². The number of H-pyrrole nitrogens is 2. The second-order valence-corrected chi connectivity index (χ2v) is 14.9. The molecule has 0 spiro atoms. The number of nitrogens with two attached hydrogens (primary N) is 2. The average molecular weight is 696 g/mol. The summed E-state index contributed by atoms with van der Waals surface area (Å²) in [6.07, 6.45) is 5.84. The van der Waals surface area contributed by atoms with Crippen molar-refractivity contribution in [3.8, 4) is 0 Å². The lowest BCUT2D eigenvalue weighted by molar-refractivity contribution is 0.212. The number of aromatic nitrogens is 4. The molecule has 4 bridgehead atoms. The van der Waals surface area contributed by atoms with Crippen molar-refractivity contribution in [2.75, 3.05) is 11.5 Å². The number of fused-ring (bicyclic) bond motifs is 2. The predicted octanol–water partition coefficient (Wildman–Crippen LogP) is 2.57. The number of hydrogen-bond donors (Lipinski definition) is 6. The number of aryl methyl sites for hydroxylation is 4. The smallest absolute Gasteiger partial charge is 0.422 e. The number of nitrogens with one attached hydrogen (secondary N) is 2. The van der Waals surface area contributed by atoms with Crippen LogP contribution in [0.4, 0.5) is 11.6 Å². The van der Waals surface area contributed by atoms with Gasteiger partial charge in [0.15, 0.2) is 0 Å². The Kier molecular flexibility index (Phi) is 12.6. The van der Waals surface area contributed by atoms with Gasteiger partial charge >= 0.3 is 14.2 Å². The van der Waals surface area contributed by atoms with E-state index in [0.717, 1.165) is 55.2 Å². The monoisotopic (exact) mass is 696 g/mol. The fourth-order valence-corrected chi connectivity index (χ4v) is 6.67. The van der Waals surface area contributed by atoms with Crippen molar-refractivity contribution in [3.05, 3.63) is 103 Å². The van der Waals surface area contributed by atoms with Crippen molar-refractivity contribution in [1.82, 2.24) is 19.9 Å². The second-order valence-electron chi connectivity index (χ2n) is 14.9. The number of nitrogens with zero attached hydrogens (tertiary/aromatic N) is 2. The molecule has 3 aliphatic rings. The van der Waals surface area contributed by atoms with Crippen LogP contribution in [0.2, 0.25) is 0 Å². The molecule has 3 aliphatic heterocycles. The Morgan fingerprint density at radius 2 is 1.37 bits per heavy atom. The third-order valence-electron chi connectivity index (χ3n) is 10.1. The van der Waals surface area contributed by atoms with Gasteiger partial charge < -0.3 is 40.8 Å². The molecular weight excluding hydrogens is 646 g/mol. The summed E-state index contributed by atoms with van der Waals surface area (Å²) in [5.41, 5.74) is 16.7. The van der Waals surface area contributed by atoms with Crippen LogP contribution in [-0.2, 0) is 48.2 Å². The molecule has 270 valence electrons. The van der Waals surface area contributed by atoms with Gasteiger partial charge in [0.05, 0.1) is 30.2 Å². The highest BCUT2D eigenvalue weighted by atomic mass is 16.5. The standard InChI is InChI=1S/C37H50B2N6O6/c1-23-5-7-24-13-19-32(40)43-30(24)22-51-39(49)34-25(14-20-33(46)45-34)9-15-28(37(2,3)4)16-10-27-12-18-31(44-36(27)47)38(48)50-21-29-17-11-26(8-6-23)35(41)42-29/h11-14,17-20,23,28,48-49H,5-10,15-16,21-22H2,1-4H3,(H2,40,43)(H2,41,42)(H,44,47)(H,45,46). The lowest BCUT2D eigenvalue weighted by Crippen LogP contribution is -2.41. The Morgan fingerprint density at radius 3 is 2.08 bits per heavy atom. The van der Waals surface area contributed by atoms with E-state index < -0.39 is 14.2 Å². The summed E-state index contributed by atoms with van der Waals surface area (Å²) in [6.45, 7) is 8.72. The van der Waals surface area contributed by atoms with Crippen molar-refractivity contribution >= 4 is 37.1 Å². The van der Waals surface area contributed by atoms with Crippen molar-refractivity contribution in [1.29, 1.82) is 0 Å². The molecule has 0 aliphatic carbocycles. The molecule has 0 radical (unpaired) electrons. The van der Waals surface area contributed by atoms with Crippen molar-refractivity contribution in [2.24, 2.45) is 17.3 Å². The Labute approximate surface area is 299 Å². The first-order chi connectivity index (χ1) is 24.3. The summed E-state index contributed by atoms with van der Waals surface area (Å²) in [4.78, 5) is 40.1. The number of nitrogen functional groups attached to an aromatic ring is 2. The average Bonchev–Trinajstić information content (AvgIpc) is 3.08. The molecule has 12 nitrogen and oxygen atoms in total. The van der Waals surface area contributed by atoms with E-state index >= 15 is 0 Å². The molecule has 0 aromatic carbocycles. The first-order valence-corrected chi connectivity index (χ1v) is 17.8. The maximum atomic E-state index is 13.1. The molecule has 0 saturated carbocycles. The highest BCUT2D eigenvalue weighted by Crippen LogP contribution is 2.33. The molecule has 4 aromatic heterocycles. The molecular formula is C37H50B2N6O6. The van der Waals surface area contributed by atoms with Crippen LogP contribution in [0.25, 0.3) is 0 Å². The molecule has 0 saturated heterocycles. The van der Waals surface area contributed by atoms with Crippen LogP contribution in [0.1, 0.15) is 87.0 Å². The second kappa shape index (κ2) is 16.9. The predicted molar refractivity (Wildman–Crippen MR) is 202 cm³/mol. The highest BCUT2D eigenvalue weighted by molar-refractivity contribution is 6.59. The summed E-state index contributed by atoms with van der Waals surface area (Å²) < 4.78 is 11.6. The Balaban J connectivity index is 1.41.